The summed E-state index contributed by atoms with van der Waals surface area (Å²) in [7, 11) is 0. The van der Waals surface area contributed by atoms with Crippen molar-refractivity contribution in [3.8, 4) is 0 Å². The van der Waals surface area contributed by atoms with E-state index in [1.165, 1.54) is 11.1 Å². The van der Waals surface area contributed by atoms with Gasteiger partial charge in [-0.05, 0) is 41.3 Å². The first-order valence-electron chi connectivity index (χ1n) is 6.92. The maximum atomic E-state index is 12.2. The average Bonchev–Trinajstić information content (AvgIpc) is 2.46. The molecule has 0 radical (unpaired) electrons. The van der Waals surface area contributed by atoms with Gasteiger partial charge >= 0.3 is 0 Å². The molecule has 1 nitrogen and oxygen atoms in total. The van der Waals surface area contributed by atoms with E-state index in [4.69, 9.17) is 0 Å². The third-order valence-electron chi connectivity index (χ3n) is 3.22. The summed E-state index contributed by atoms with van der Waals surface area (Å²) in [5, 5.41) is 3.29. The Morgan fingerprint density at radius 2 is 1.57 bits per heavy atom. The zero-order chi connectivity index (χ0) is 15.2. The van der Waals surface area contributed by atoms with Crippen molar-refractivity contribution >= 4 is 17.4 Å². The SMILES string of the molecule is CC(C)c1ccc(CNc2ccc(SC(F)F)cc2)cc1. The normalized spacial score (nSPS) is 11.1. The minimum absolute atomic E-state index is 0.534. The van der Waals surface area contributed by atoms with Gasteiger partial charge in [0, 0.05) is 17.1 Å². The lowest BCUT2D eigenvalue weighted by Crippen LogP contribution is -1.99. The van der Waals surface area contributed by atoms with Crippen LogP contribution in [0.25, 0.3) is 0 Å². The molecule has 0 saturated carbocycles. The van der Waals surface area contributed by atoms with E-state index in [2.05, 4.69) is 43.4 Å². The summed E-state index contributed by atoms with van der Waals surface area (Å²) in [4.78, 5) is 0.580. The van der Waals surface area contributed by atoms with Crippen molar-refractivity contribution in [1.82, 2.24) is 0 Å². The van der Waals surface area contributed by atoms with E-state index in [1.54, 1.807) is 12.1 Å². The molecule has 0 fully saturated rings. The van der Waals surface area contributed by atoms with Gasteiger partial charge in [0.05, 0.1) is 0 Å². The monoisotopic (exact) mass is 307 g/mol. The standard InChI is InChI=1S/C17H19F2NS/c1-12(2)14-5-3-13(4-6-14)11-20-15-7-9-16(10-8-15)21-17(18)19/h3-10,12,17,20H,11H2,1-2H3. The lowest BCUT2D eigenvalue weighted by molar-refractivity contribution is 0.252. The molecule has 0 aliphatic heterocycles. The Kier molecular flexibility index (Phi) is 5.62. The Balaban J connectivity index is 1.90. The molecule has 112 valence electrons. The molecule has 2 aromatic rings. The van der Waals surface area contributed by atoms with Crippen LogP contribution < -0.4 is 5.32 Å². The summed E-state index contributed by atoms with van der Waals surface area (Å²) in [5.74, 6) is -1.84. The van der Waals surface area contributed by atoms with Crippen LogP contribution in [-0.2, 0) is 6.54 Å². The summed E-state index contributed by atoms with van der Waals surface area (Å²) in [5.41, 5.74) is 3.46. The molecule has 0 amide bonds. The fourth-order valence-corrected chi connectivity index (χ4v) is 2.48. The maximum Gasteiger partial charge on any atom is 0.288 e. The first-order valence-corrected chi connectivity index (χ1v) is 7.80. The van der Waals surface area contributed by atoms with Gasteiger partial charge in [-0.15, -0.1) is 0 Å². The fourth-order valence-electron chi connectivity index (χ4n) is 1.98. The largest absolute Gasteiger partial charge is 0.381 e. The average molecular weight is 307 g/mol. The van der Waals surface area contributed by atoms with Gasteiger partial charge in [-0.2, -0.15) is 8.78 Å². The number of hydrogen-bond donors (Lipinski definition) is 1. The van der Waals surface area contributed by atoms with Gasteiger partial charge in [-0.1, -0.05) is 49.9 Å². The number of thioether (sulfide) groups is 1. The van der Waals surface area contributed by atoms with Crippen LogP contribution in [0.1, 0.15) is 30.9 Å². The molecule has 0 bridgehead atoms. The van der Waals surface area contributed by atoms with Gasteiger partial charge in [0.25, 0.3) is 5.76 Å². The highest BCUT2D eigenvalue weighted by Crippen LogP contribution is 2.26. The predicted molar refractivity (Wildman–Crippen MR) is 86.2 cm³/mol. The smallest absolute Gasteiger partial charge is 0.288 e. The van der Waals surface area contributed by atoms with E-state index in [0.717, 1.165) is 12.2 Å². The van der Waals surface area contributed by atoms with Crippen LogP contribution in [0, 0.1) is 0 Å². The molecular formula is C17H19F2NS. The molecule has 0 spiro atoms. The number of rotatable bonds is 6. The van der Waals surface area contributed by atoms with Gasteiger partial charge in [0.15, 0.2) is 0 Å². The van der Waals surface area contributed by atoms with Gasteiger partial charge in [-0.3, -0.25) is 0 Å². The quantitative estimate of drug-likeness (QED) is 0.683. The van der Waals surface area contributed by atoms with E-state index < -0.39 is 5.76 Å². The highest BCUT2D eigenvalue weighted by molar-refractivity contribution is 7.99. The first kappa shape index (κ1) is 15.8. The second-order valence-electron chi connectivity index (χ2n) is 5.15. The zero-order valence-corrected chi connectivity index (χ0v) is 13.0. The minimum Gasteiger partial charge on any atom is -0.381 e. The maximum absolute atomic E-state index is 12.2. The third kappa shape index (κ3) is 5.05. The lowest BCUT2D eigenvalue weighted by atomic mass is 10.0. The van der Waals surface area contributed by atoms with Gasteiger partial charge in [0.1, 0.15) is 0 Å². The van der Waals surface area contributed by atoms with Crippen molar-refractivity contribution in [3.63, 3.8) is 0 Å². The van der Waals surface area contributed by atoms with Crippen LogP contribution in [0.2, 0.25) is 0 Å². The topological polar surface area (TPSA) is 12.0 Å². The Bertz CT molecular complexity index is 550. The Morgan fingerprint density at radius 1 is 0.952 bits per heavy atom. The van der Waals surface area contributed by atoms with Gasteiger partial charge in [-0.25, -0.2) is 0 Å². The molecule has 4 heteroatoms. The molecule has 2 aromatic carbocycles. The molecule has 0 aliphatic carbocycles. The second kappa shape index (κ2) is 7.46. The molecule has 21 heavy (non-hydrogen) atoms. The van der Waals surface area contributed by atoms with Gasteiger partial charge in [0.2, 0.25) is 0 Å². The Hall–Kier alpha value is -1.55. The number of benzene rings is 2. The van der Waals surface area contributed by atoms with E-state index >= 15 is 0 Å². The highest BCUT2D eigenvalue weighted by atomic mass is 32.2. The lowest BCUT2D eigenvalue weighted by Gasteiger charge is -2.09. The number of halogens is 2. The number of alkyl halides is 2. The van der Waals surface area contributed by atoms with Crippen LogP contribution in [0.4, 0.5) is 14.5 Å². The van der Waals surface area contributed by atoms with Gasteiger partial charge < -0.3 is 5.32 Å². The number of hydrogen-bond acceptors (Lipinski definition) is 2. The van der Waals surface area contributed by atoms with Crippen molar-refractivity contribution in [2.45, 2.75) is 37.0 Å². The summed E-state index contributed by atoms with van der Waals surface area (Å²) < 4.78 is 24.5. The van der Waals surface area contributed by atoms with E-state index in [-0.39, 0.29) is 0 Å². The molecule has 0 aliphatic rings. The molecule has 2 rings (SSSR count). The molecule has 0 heterocycles. The van der Waals surface area contributed by atoms with Crippen molar-refractivity contribution in [3.05, 3.63) is 59.7 Å². The molecule has 1 N–H and O–H groups in total. The van der Waals surface area contributed by atoms with Crippen molar-refractivity contribution in [2.24, 2.45) is 0 Å². The summed E-state index contributed by atoms with van der Waals surface area (Å²) in [6.45, 7) is 5.07. The Morgan fingerprint density at radius 3 is 2.10 bits per heavy atom. The third-order valence-corrected chi connectivity index (χ3v) is 3.95. The minimum atomic E-state index is -2.37. The summed E-state index contributed by atoms with van der Waals surface area (Å²) in [6, 6.07) is 15.6. The van der Waals surface area contributed by atoms with Crippen LogP contribution in [0.15, 0.2) is 53.4 Å². The molecule has 0 unspecified atom stereocenters. The number of nitrogens with one attached hydrogen (secondary N) is 1. The molecular weight excluding hydrogens is 288 g/mol. The van der Waals surface area contributed by atoms with Crippen molar-refractivity contribution < 1.29 is 8.78 Å². The molecule has 0 atom stereocenters. The van der Waals surface area contributed by atoms with Crippen LogP contribution in [-0.4, -0.2) is 5.76 Å². The predicted octanol–water partition coefficient (Wildman–Crippen LogP) is 5.74. The van der Waals surface area contributed by atoms with Crippen LogP contribution >= 0.6 is 11.8 Å². The van der Waals surface area contributed by atoms with Crippen molar-refractivity contribution in [1.29, 1.82) is 0 Å². The fraction of sp³-hybridized carbons (Fsp3) is 0.294. The molecule has 0 saturated heterocycles. The summed E-state index contributed by atoms with van der Waals surface area (Å²) >= 11 is 0.565. The molecule has 0 aromatic heterocycles. The van der Waals surface area contributed by atoms with Crippen LogP contribution in [0.3, 0.4) is 0 Å². The first-order chi connectivity index (χ1) is 10.0. The second-order valence-corrected chi connectivity index (χ2v) is 6.22. The van der Waals surface area contributed by atoms with E-state index in [9.17, 15) is 8.78 Å². The van der Waals surface area contributed by atoms with Crippen molar-refractivity contribution in [2.75, 3.05) is 5.32 Å². The van der Waals surface area contributed by atoms with Crippen LogP contribution in [0.5, 0.6) is 0 Å². The number of anilines is 1. The zero-order valence-electron chi connectivity index (χ0n) is 12.1. The van der Waals surface area contributed by atoms with E-state index in [1.807, 2.05) is 12.1 Å². The highest BCUT2D eigenvalue weighted by Gasteiger charge is 2.04. The Labute approximate surface area is 128 Å². The van der Waals surface area contributed by atoms with E-state index in [0.29, 0.717) is 22.6 Å². The summed E-state index contributed by atoms with van der Waals surface area (Å²) in [6.07, 6.45) is 0.